The minimum absolute atomic E-state index is 0.325. The van der Waals surface area contributed by atoms with Crippen molar-refractivity contribution in [3.8, 4) is 0 Å². The predicted molar refractivity (Wildman–Crippen MR) is 113 cm³/mol. The zero-order chi connectivity index (χ0) is 19.9. The Morgan fingerprint density at radius 2 is 1.54 bits per heavy atom. The van der Waals surface area contributed by atoms with Gasteiger partial charge in [-0.1, -0.05) is 59.2 Å². The highest BCUT2D eigenvalue weighted by Gasteiger charge is 2.12. The van der Waals surface area contributed by atoms with Crippen molar-refractivity contribution >= 4 is 35.2 Å². The average Bonchev–Trinajstić information content (AvgIpc) is 2.58. The molecule has 0 radical (unpaired) electrons. The van der Waals surface area contributed by atoms with E-state index < -0.39 is 0 Å². The number of allylic oxidation sites excluding steroid dienone is 6. The first-order valence-corrected chi connectivity index (χ1v) is 9.27. The lowest BCUT2D eigenvalue weighted by molar-refractivity contribution is -0.137. The summed E-state index contributed by atoms with van der Waals surface area (Å²) in [7, 11) is 0. The number of halogens is 2. The molecule has 0 bridgehead atoms. The number of carbonyl (C=O) groups excluding carboxylic acids is 1. The van der Waals surface area contributed by atoms with Crippen LogP contribution in [0.3, 0.4) is 0 Å². The second-order valence-corrected chi connectivity index (χ2v) is 6.92. The van der Waals surface area contributed by atoms with Crippen LogP contribution in [0, 0.1) is 20.8 Å². The summed E-state index contributed by atoms with van der Waals surface area (Å²) in [6, 6.07) is 0. The van der Waals surface area contributed by atoms with E-state index in [9.17, 15) is 4.79 Å². The van der Waals surface area contributed by atoms with Crippen LogP contribution in [0.5, 0.6) is 0 Å². The quantitative estimate of drug-likeness (QED) is 0.297. The van der Waals surface area contributed by atoms with Crippen molar-refractivity contribution in [1.82, 2.24) is 0 Å². The highest BCUT2D eigenvalue weighted by molar-refractivity contribution is 6.37. The number of esters is 1. The Hall–Kier alpha value is -1.77. The number of carbonyl (C=O) groups is 1. The largest absolute Gasteiger partial charge is 0.463 e. The summed E-state index contributed by atoms with van der Waals surface area (Å²) in [5.41, 5.74) is 5.91. The van der Waals surface area contributed by atoms with Crippen LogP contribution in [0.1, 0.15) is 43.0 Å². The molecule has 0 N–H and O–H groups in total. The normalized spacial score (nSPS) is 13.1. The van der Waals surface area contributed by atoms with Crippen molar-refractivity contribution < 1.29 is 9.53 Å². The van der Waals surface area contributed by atoms with Gasteiger partial charge >= 0.3 is 5.97 Å². The molecule has 26 heavy (non-hydrogen) atoms. The Labute approximate surface area is 166 Å². The van der Waals surface area contributed by atoms with E-state index in [1.165, 1.54) is 6.08 Å². The Kier molecular flexibility index (Phi) is 8.91. The lowest BCUT2D eigenvalue weighted by Crippen LogP contribution is -1.99. The lowest BCUT2D eigenvalue weighted by Gasteiger charge is -2.13. The van der Waals surface area contributed by atoms with Gasteiger partial charge in [-0.3, -0.25) is 0 Å². The average molecular weight is 393 g/mol. The summed E-state index contributed by atoms with van der Waals surface area (Å²) >= 11 is 12.7. The van der Waals surface area contributed by atoms with Crippen LogP contribution in [0.2, 0.25) is 10.0 Å². The van der Waals surface area contributed by atoms with E-state index in [4.69, 9.17) is 27.9 Å². The van der Waals surface area contributed by atoms with Gasteiger partial charge in [-0.15, -0.1) is 0 Å². The van der Waals surface area contributed by atoms with Crippen molar-refractivity contribution in [2.24, 2.45) is 0 Å². The molecule has 0 aliphatic carbocycles. The highest BCUT2D eigenvalue weighted by Crippen LogP contribution is 2.34. The number of benzene rings is 1. The number of hydrogen-bond donors (Lipinski definition) is 0. The smallest absolute Gasteiger partial charge is 0.330 e. The van der Waals surface area contributed by atoms with Crippen LogP contribution in [-0.2, 0) is 9.53 Å². The van der Waals surface area contributed by atoms with Gasteiger partial charge in [0.05, 0.1) is 6.61 Å². The minimum Gasteiger partial charge on any atom is -0.463 e. The topological polar surface area (TPSA) is 26.3 Å². The summed E-state index contributed by atoms with van der Waals surface area (Å²) in [5.74, 6) is -0.325. The summed E-state index contributed by atoms with van der Waals surface area (Å²) in [5, 5.41) is 1.42. The molecule has 140 valence electrons. The van der Waals surface area contributed by atoms with Crippen molar-refractivity contribution in [2.45, 2.75) is 41.5 Å². The third kappa shape index (κ3) is 6.19. The fourth-order valence-electron chi connectivity index (χ4n) is 2.47. The Balaban J connectivity index is 2.95. The standard InChI is InChI=1S/C22H26Cl2O2/c1-7-26-20(25)13-15(3)10-8-9-14(2)11-12-19-16(4)21(23)18(6)22(24)17(19)5/h8-13H,7H2,1-6H3. The molecular formula is C22H26Cl2O2. The molecular weight excluding hydrogens is 367 g/mol. The fourth-order valence-corrected chi connectivity index (χ4v) is 2.91. The molecule has 0 saturated heterocycles. The lowest BCUT2D eigenvalue weighted by atomic mass is 9.98. The SMILES string of the molecule is CCOC(=O)C=C(C)C=CC=C(C)C=Cc1c(C)c(Cl)c(C)c(Cl)c1C. The molecule has 4 heteroatoms. The molecule has 0 heterocycles. The van der Waals surface area contributed by atoms with E-state index in [2.05, 4.69) is 0 Å². The molecule has 0 spiro atoms. The Bertz CT molecular complexity index is 768. The molecule has 1 aromatic carbocycles. The molecule has 0 fully saturated rings. The minimum atomic E-state index is -0.325. The molecule has 0 aliphatic rings. The maximum atomic E-state index is 11.4. The summed E-state index contributed by atoms with van der Waals surface area (Å²) in [6.45, 7) is 12.0. The van der Waals surface area contributed by atoms with Gasteiger partial charge in [0.1, 0.15) is 0 Å². The molecule has 1 aromatic rings. The van der Waals surface area contributed by atoms with Crippen LogP contribution in [0.15, 0.2) is 41.5 Å². The number of ether oxygens (including phenoxy) is 1. The summed E-state index contributed by atoms with van der Waals surface area (Å²) < 4.78 is 4.88. The van der Waals surface area contributed by atoms with Crippen molar-refractivity contribution in [3.63, 3.8) is 0 Å². The molecule has 0 amide bonds. The summed E-state index contributed by atoms with van der Waals surface area (Å²) in [6.07, 6.45) is 11.3. The third-order valence-electron chi connectivity index (χ3n) is 3.99. The Morgan fingerprint density at radius 3 is 2.08 bits per heavy atom. The first kappa shape index (κ1) is 22.3. The molecule has 0 aliphatic heterocycles. The number of rotatable bonds is 6. The monoisotopic (exact) mass is 392 g/mol. The van der Waals surface area contributed by atoms with E-state index in [0.717, 1.165) is 33.4 Å². The summed E-state index contributed by atoms with van der Waals surface area (Å²) in [4.78, 5) is 11.4. The zero-order valence-corrected chi connectivity index (χ0v) is 17.8. The second kappa shape index (κ2) is 10.4. The van der Waals surface area contributed by atoms with Gasteiger partial charge in [0.15, 0.2) is 0 Å². The predicted octanol–water partition coefficient (Wildman–Crippen LogP) is 6.94. The van der Waals surface area contributed by atoms with Crippen molar-refractivity contribution in [2.75, 3.05) is 6.61 Å². The molecule has 0 unspecified atom stereocenters. The van der Waals surface area contributed by atoms with E-state index in [-0.39, 0.29) is 5.97 Å². The van der Waals surface area contributed by atoms with E-state index in [1.807, 2.05) is 65.0 Å². The van der Waals surface area contributed by atoms with Crippen LogP contribution in [0.4, 0.5) is 0 Å². The maximum absolute atomic E-state index is 11.4. The van der Waals surface area contributed by atoms with Crippen LogP contribution in [0.25, 0.3) is 6.08 Å². The van der Waals surface area contributed by atoms with Crippen LogP contribution < -0.4 is 0 Å². The van der Waals surface area contributed by atoms with Crippen LogP contribution >= 0.6 is 23.2 Å². The van der Waals surface area contributed by atoms with E-state index in [0.29, 0.717) is 16.7 Å². The molecule has 0 saturated carbocycles. The van der Waals surface area contributed by atoms with Gasteiger partial charge in [0.25, 0.3) is 0 Å². The van der Waals surface area contributed by atoms with Crippen molar-refractivity contribution in [1.29, 1.82) is 0 Å². The van der Waals surface area contributed by atoms with Gasteiger partial charge in [0, 0.05) is 16.1 Å². The van der Waals surface area contributed by atoms with Gasteiger partial charge in [-0.2, -0.15) is 0 Å². The van der Waals surface area contributed by atoms with Crippen molar-refractivity contribution in [3.05, 3.63) is 73.8 Å². The van der Waals surface area contributed by atoms with Gasteiger partial charge < -0.3 is 4.74 Å². The first-order valence-electron chi connectivity index (χ1n) is 8.51. The van der Waals surface area contributed by atoms with E-state index >= 15 is 0 Å². The molecule has 0 atom stereocenters. The third-order valence-corrected chi connectivity index (χ3v) is 5.12. The van der Waals surface area contributed by atoms with Gasteiger partial charge in [-0.05, 0) is 69.4 Å². The van der Waals surface area contributed by atoms with Gasteiger partial charge in [-0.25, -0.2) is 4.79 Å². The zero-order valence-electron chi connectivity index (χ0n) is 16.2. The van der Waals surface area contributed by atoms with Gasteiger partial charge in [0.2, 0.25) is 0 Å². The second-order valence-electron chi connectivity index (χ2n) is 6.16. The molecule has 0 aromatic heterocycles. The Morgan fingerprint density at radius 1 is 0.962 bits per heavy atom. The fraction of sp³-hybridized carbons (Fsp3) is 0.318. The van der Waals surface area contributed by atoms with Crippen LogP contribution in [-0.4, -0.2) is 12.6 Å². The van der Waals surface area contributed by atoms with E-state index in [1.54, 1.807) is 6.92 Å². The molecule has 2 nitrogen and oxygen atoms in total. The highest BCUT2D eigenvalue weighted by atomic mass is 35.5. The number of hydrogen-bond acceptors (Lipinski definition) is 2. The first-order chi connectivity index (χ1) is 12.2. The maximum Gasteiger partial charge on any atom is 0.330 e. The molecule has 1 rings (SSSR count).